The van der Waals surface area contributed by atoms with Gasteiger partial charge in [0.25, 0.3) is 0 Å². The third kappa shape index (κ3) is 2.25. The number of rotatable bonds is 3. The van der Waals surface area contributed by atoms with Crippen LogP contribution in [-0.4, -0.2) is 11.6 Å². The zero-order valence-corrected chi connectivity index (χ0v) is 10.1. The fraction of sp³-hybridized carbons (Fsp3) is 0.200. The summed E-state index contributed by atoms with van der Waals surface area (Å²) in [7, 11) is 0. The average Bonchev–Trinajstić information content (AvgIpc) is 3.11. The van der Waals surface area contributed by atoms with Crippen LogP contribution in [-0.2, 0) is 4.74 Å². The standard InChI is InChI=1S/C15H15NO2/c1-2-6-12(7-3-1)18-15(13-8-4-10-16-13)14-9-5-11-17-14/h1-4,6-8,10,16H,5,9,11H2. The van der Waals surface area contributed by atoms with Crippen LogP contribution < -0.4 is 4.74 Å². The normalized spacial score (nSPS) is 17.3. The number of hydrogen-bond donors (Lipinski definition) is 1. The van der Waals surface area contributed by atoms with E-state index in [2.05, 4.69) is 4.98 Å². The summed E-state index contributed by atoms with van der Waals surface area (Å²) in [6, 6.07) is 13.7. The molecule has 1 aliphatic rings. The van der Waals surface area contributed by atoms with Crippen molar-refractivity contribution in [2.24, 2.45) is 0 Å². The minimum Gasteiger partial charge on any atom is -0.494 e. The molecule has 2 heterocycles. The Hall–Kier alpha value is -2.16. The molecule has 0 bridgehead atoms. The van der Waals surface area contributed by atoms with Crippen LogP contribution in [0.25, 0.3) is 5.76 Å². The van der Waals surface area contributed by atoms with Crippen molar-refractivity contribution in [3.63, 3.8) is 0 Å². The molecule has 0 radical (unpaired) electrons. The maximum atomic E-state index is 5.97. The summed E-state index contributed by atoms with van der Waals surface area (Å²) in [5.41, 5.74) is 0.954. The van der Waals surface area contributed by atoms with E-state index in [1.54, 1.807) is 0 Å². The first-order valence-electron chi connectivity index (χ1n) is 6.16. The first-order valence-corrected chi connectivity index (χ1v) is 6.16. The molecule has 0 spiro atoms. The van der Waals surface area contributed by atoms with Gasteiger partial charge in [-0.15, -0.1) is 0 Å². The van der Waals surface area contributed by atoms with Gasteiger partial charge < -0.3 is 14.5 Å². The second kappa shape index (κ2) is 5.00. The Kier molecular flexibility index (Phi) is 3.05. The van der Waals surface area contributed by atoms with E-state index < -0.39 is 0 Å². The summed E-state index contributed by atoms with van der Waals surface area (Å²) in [4.78, 5) is 3.17. The molecule has 3 nitrogen and oxygen atoms in total. The molecule has 3 heteroatoms. The Morgan fingerprint density at radius 3 is 2.67 bits per heavy atom. The van der Waals surface area contributed by atoms with Crippen LogP contribution in [0, 0.1) is 0 Å². The lowest BCUT2D eigenvalue weighted by Crippen LogP contribution is -2.00. The molecule has 92 valence electrons. The largest absolute Gasteiger partial charge is 0.494 e. The highest BCUT2D eigenvalue weighted by Crippen LogP contribution is 2.28. The molecular weight excluding hydrogens is 226 g/mol. The van der Waals surface area contributed by atoms with Gasteiger partial charge in [-0.25, -0.2) is 0 Å². The minimum atomic E-state index is 0.775. The topological polar surface area (TPSA) is 34.2 Å². The van der Waals surface area contributed by atoms with Gasteiger partial charge in [-0.2, -0.15) is 0 Å². The van der Waals surface area contributed by atoms with Crippen LogP contribution in [0.3, 0.4) is 0 Å². The molecule has 18 heavy (non-hydrogen) atoms. The molecule has 1 N–H and O–H groups in total. The molecule has 0 unspecified atom stereocenters. The molecule has 1 aromatic heterocycles. The monoisotopic (exact) mass is 241 g/mol. The van der Waals surface area contributed by atoms with Gasteiger partial charge in [0.2, 0.25) is 0 Å². The maximum absolute atomic E-state index is 5.97. The zero-order valence-electron chi connectivity index (χ0n) is 10.1. The lowest BCUT2D eigenvalue weighted by molar-refractivity contribution is 0.256. The van der Waals surface area contributed by atoms with E-state index >= 15 is 0 Å². The van der Waals surface area contributed by atoms with Gasteiger partial charge in [0.15, 0.2) is 5.76 Å². The number of ether oxygens (including phenoxy) is 2. The minimum absolute atomic E-state index is 0.775. The number of hydrogen-bond acceptors (Lipinski definition) is 2. The second-order valence-corrected chi connectivity index (χ2v) is 4.20. The van der Waals surface area contributed by atoms with Crippen LogP contribution >= 0.6 is 0 Å². The molecule has 1 aliphatic heterocycles. The first-order chi connectivity index (χ1) is 8.93. The van der Waals surface area contributed by atoms with Crippen molar-refractivity contribution >= 4 is 5.76 Å². The zero-order chi connectivity index (χ0) is 12.2. The summed E-state index contributed by atoms with van der Waals surface area (Å²) >= 11 is 0. The predicted molar refractivity (Wildman–Crippen MR) is 70.0 cm³/mol. The number of aromatic nitrogens is 1. The van der Waals surface area contributed by atoms with Crippen LogP contribution in [0.5, 0.6) is 5.75 Å². The molecule has 1 fully saturated rings. The van der Waals surface area contributed by atoms with E-state index in [4.69, 9.17) is 9.47 Å². The van der Waals surface area contributed by atoms with Crippen molar-refractivity contribution in [1.82, 2.24) is 4.98 Å². The van der Waals surface area contributed by atoms with Crippen molar-refractivity contribution in [2.75, 3.05) is 6.61 Å². The van der Waals surface area contributed by atoms with Gasteiger partial charge in [0.05, 0.1) is 12.3 Å². The summed E-state index contributed by atoms with van der Waals surface area (Å²) in [6.45, 7) is 0.775. The number of allylic oxidation sites excluding steroid dienone is 1. The van der Waals surface area contributed by atoms with Crippen LogP contribution in [0.4, 0.5) is 0 Å². The average molecular weight is 241 g/mol. The van der Waals surface area contributed by atoms with Crippen molar-refractivity contribution in [3.8, 4) is 5.75 Å². The van der Waals surface area contributed by atoms with Crippen molar-refractivity contribution in [3.05, 3.63) is 60.1 Å². The molecule has 0 amide bonds. The fourth-order valence-electron chi connectivity index (χ4n) is 2.02. The highest BCUT2D eigenvalue weighted by atomic mass is 16.5. The molecule has 1 saturated heterocycles. The van der Waals surface area contributed by atoms with E-state index in [1.807, 2.05) is 48.7 Å². The number of nitrogens with one attached hydrogen (secondary N) is 1. The van der Waals surface area contributed by atoms with Gasteiger partial charge in [-0.1, -0.05) is 18.2 Å². The SMILES string of the molecule is c1ccc(OC(=C2CCCO2)c2ccc[nH]2)cc1. The summed E-state index contributed by atoms with van der Waals surface area (Å²) in [5.74, 6) is 2.55. The Balaban J connectivity index is 1.94. The van der Waals surface area contributed by atoms with Gasteiger partial charge in [0.1, 0.15) is 11.5 Å². The Morgan fingerprint density at radius 2 is 2.00 bits per heavy atom. The van der Waals surface area contributed by atoms with Crippen LogP contribution in [0.15, 0.2) is 54.4 Å². The molecule has 0 saturated carbocycles. The Bertz CT molecular complexity index is 521. The number of para-hydroxylation sites is 1. The van der Waals surface area contributed by atoms with E-state index in [-0.39, 0.29) is 0 Å². The number of benzene rings is 1. The van der Waals surface area contributed by atoms with Crippen molar-refractivity contribution < 1.29 is 9.47 Å². The molecular formula is C15H15NO2. The van der Waals surface area contributed by atoms with Gasteiger partial charge in [-0.05, 0) is 30.7 Å². The Morgan fingerprint density at radius 1 is 1.11 bits per heavy atom. The number of aromatic amines is 1. The molecule has 3 rings (SSSR count). The van der Waals surface area contributed by atoms with Crippen LogP contribution in [0.2, 0.25) is 0 Å². The van der Waals surface area contributed by atoms with Crippen molar-refractivity contribution in [2.45, 2.75) is 12.8 Å². The number of H-pyrrole nitrogens is 1. The highest BCUT2D eigenvalue weighted by molar-refractivity contribution is 5.61. The predicted octanol–water partition coefficient (Wildman–Crippen LogP) is 3.57. The van der Waals surface area contributed by atoms with Crippen molar-refractivity contribution in [1.29, 1.82) is 0 Å². The van der Waals surface area contributed by atoms with Gasteiger partial charge in [0, 0.05) is 12.6 Å². The lowest BCUT2D eigenvalue weighted by atomic mass is 10.2. The lowest BCUT2D eigenvalue weighted by Gasteiger charge is -2.11. The van der Waals surface area contributed by atoms with Gasteiger partial charge >= 0.3 is 0 Å². The van der Waals surface area contributed by atoms with E-state index in [0.29, 0.717) is 0 Å². The summed E-state index contributed by atoms with van der Waals surface area (Å²) in [6.07, 6.45) is 3.87. The molecule has 0 aliphatic carbocycles. The molecule has 0 atom stereocenters. The molecule has 1 aromatic carbocycles. The summed E-state index contributed by atoms with van der Waals surface area (Å²) < 4.78 is 11.6. The smallest absolute Gasteiger partial charge is 0.188 e. The van der Waals surface area contributed by atoms with E-state index in [1.165, 1.54) is 0 Å². The highest BCUT2D eigenvalue weighted by Gasteiger charge is 2.18. The third-order valence-electron chi connectivity index (χ3n) is 2.88. The fourth-order valence-corrected chi connectivity index (χ4v) is 2.02. The summed E-state index contributed by atoms with van der Waals surface area (Å²) in [5, 5.41) is 0. The second-order valence-electron chi connectivity index (χ2n) is 4.20. The van der Waals surface area contributed by atoms with Crippen LogP contribution in [0.1, 0.15) is 18.5 Å². The maximum Gasteiger partial charge on any atom is 0.188 e. The Labute approximate surface area is 106 Å². The third-order valence-corrected chi connectivity index (χ3v) is 2.88. The first kappa shape index (κ1) is 11.0. The van der Waals surface area contributed by atoms with E-state index in [9.17, 15) is 0 Å². The quantitative estimate of drug-likeness (QED) is 0.833. The van der Waals surface area contributed by atoms with Gasteiger partial charge in [-0.3, -0.25) is 0 Å². The van der Waals surface area contributed by atoms with E-state index in [0.717, 1.165) is 42.4 Å². The molecule has 2 aromatic rings.